The van der Waals surface area contributed by atoms with E-state index in [1.54, 1.807) is 6.20 Å². The molecule has 7 aromatic carbocycles. The highest BCUT2D eigenvalue weighted by Crippen LogP contribution is 2.45. The lowest BCUT2D eigenvalue weighted by atomic mass is 9.88. The molecule has 4 heteroatoms. The van der Waals surface area contributed by atoms with Gasteiger partial charge in [-0.05, 0) is 73.8 Å². The van der Waals surface area contributed by atoms with Crippen molar-refractivity contribution in [1.82, 2.24) is 18.9 Å². The summed E-state index contributed by atoms with van der Waals surface area (Å²) in [7, 11) is 0. The minimum Gasteiger partial charge on any atom is -0.309 e. The summed E-state index contributed by atoms with van der Waals surface area (Å²) in [6, 6.07) is 46.3. The molecule has 10 aromatic rings. The molecule has 3 heterocycles. The van der Waals surface area contributed by atoms with E-state index >= 15 is 0 Å². The second-order valence-electron chi connectivity index (χ2n) is 11.5. The number of benzene rings is 7. The molecule has 0 saturated carbocycles. The molecule has 3 aromatic heterocycles. The molecule has 0 bridgehead atoms. The summed E-state index contributed by atoms with van der Waals surface area (Å²) < 4.78 is 4.36. The lowest BCUT2D eigenvalue weighted by Crippen LogP contribution is -1.93. The molecule has 0 radical (unpaired) electrons. The zero-order valence-electron chi connectivity index (χ0n) is 23.6. The van der Waals surface area contributed by atoms with Crippen molar-refractivity contribution in [2.45, 2.75) is 0 Å². The number of fused-ring (bicyclic) bond motifs is 5. The highest BCUT2D eigenvalue weighted by molar-refractivity contribution is 6.34. The van der Waals surface area contributed by atoms with E-state index in [0.717, 1.165) is 11.3 Å². The number of para-hydroxylation sites is 2. The standard InChI is InChI=1S/C40H24N4/c1-2-7-29(8-3-1)44-35-10-5-4-9-32(35)39-33-20-16-27-15-18-30(31-19-17-28(23-36(39)44)38(33)37(27)31)25-11-13-26(14-12-25)34-24-43-22-6-21-41-40(43)42-34/h1-24H. The number of hydrogen-bond acceptors (Lipinski definition) is 2. The van der Waals surface area contributed by atoms with Gasteiger partial charge in [0.1, 0.15) is 0 Å². The second-order valence-corrected chi connectivity index (χ2v) is 11.5. The summed E-state index contributed by atoms with van der Waals surface area (Å²) in [4.78, 5) is 9.08. The molecule has 10 rings (SSSR count). The van der Waals surface area contributed by atoms with E-state index in [1.165, 1.54) is 70.9 Å². The van der Waals surface area contributed by atoms with Crippen molar-refractivity contribution in [3.05, 3.63) is 146 Å². The first-order chi connectivity index (χ1) is 21.8. The predicted molar refractivity (Wildman–Crippen MR) is 182 cm³/mol. The van der Waals surface area contributed by atoms with E-state index in [9.17, 15) is 0 Å². The molecule has 0 spiro atoms. The molecule has 0 amide bonds. The maximum absolute atomic E-state index is 4.71. The van der Waals surface area contributed by atoms with Crippen LogP contribution in [0.2, 0.25) is 0 Å². The summed E-state index contributed by atoms with van der Waals surface area (Å²) in [5.74, 6) is 0.708. The molecule has 0 saturated heterocycles. The zero-order chi connectivity index (χ0) is 28.8. The van der Waals surface area contributed by atoms with Gasteiger partial charge in [-0.25, -0.2) is 9.97 Å². The molecule has 204 valence electrons. The monoisotopic (exact) mass is 560 g/mol. The zero-order valence-corrected chi connectivity index (χ0v) is 23.6. The van der Waals surface area contributed by atoms with Crippen LogP contribution in [0, 0.1) is 0 Å². The smallest absolute Gasteiger partial charge is 0.234 e. The van der Waals surface area contributed by atoms with Crippen molar-refractivity contribution in [3.8, 4) is 28.1 Å². The van der Waals surface area contributed by atoms with Crippen LogP contribution < -0.4 is 0 Å². The van der Waals surface area contributed by atoms with E-state index in [0.29, 0.717) is 5.78 Å². The van der Waals surface area contributed by atoms with Crippen LogP contribution >= 0.6 is 0 Å². The molecular formula is C40H24N4. The van der Waals surface area contributed by atoms with Crippen LogP contribution in [0.3, 0.4) is 0 Å². The van der Waals surface area contributed by atoms with Crippen LogP contribution in [0.1, 0.15) is 0 Å². The van der Waals surface area contributed by atoms with Crippen molar-refractivity contribution >= 4 is 59.9 Å². The average molecular weight is 561 g/mol. The highest BCUT2D eigenvalue weighted by Gasteiger charge is 2.19. The third kappa shape index (κ3) is 3.22. The fourth-order valence-electron chi connectivity index (χ4n) is 7.23. The van der Waals surface area contributed by atoms with E-state index < -0.39 is 0 Å². The van der Waals surface area contributed by atoms with Crippen LogP contribution in [0.4, 0.5) is 0 Å². The van der Waals surface area contributed by atoms with Crippen molar-refractivity contribution in [2.24, 2.45) is 0 Å². The molecule has 4 nitrogen and oxygen atoms in total. The molecule has 0 N–H and O–H groups in total. The van der Waals surface area contributed by atoms with E-state index in [-0.39, 0.29) is 0 Å². The molecule has 0 aliphatic heterocycles. The first-order valence-corrected chi connectivity index (χ1v) is 14.9. The number of hydrogen-bond donors (Lipinski definition) is 0. The normalized spacial score (nSPS) is 12.1. The third-order valence-electron chi connectivity index (χ3n) is 9.16. The lowest BCUT2D eigenvalue weighted by Gasteiger charge is -2.16. The molecule has 0 aliphatic rings. The third-order valence-corrected chi connectivity index (χ3v) is 9.16. The molecule has 0 unspecified atom stereocenters. The Morgan fingerprint density at radius 2 is 1.27 bits per heavy atom. The molecule has 0 aliphatic carbocycles. The van der Waals surface area contributed by atoms with Gasteiger partial charge in [-0.2, -0.15) is 0 Å². The lowest BCUT2D eigenvalue weighted by molar-refractivity contribution is 1.11. The Hall–Kier alpha value is -6.00. The summed E-state index contributed by atoms with van der Waals surface area (Å²) in [5, 5.41) is 10.3. The van der Waals surface area contributed by atoms with Crippen molar-refractivity contribution in [1.29, 1.82) is 0 Å². The average Bonchev–Trinajstić information content (AvgIpc) is 3.67. The van der Waals surface area contributed by atoms with Crippen LogP contribution in [-0.4, -0.2) is 18.9 Å². The number of imidazole rings is 1. The molecule has 0 fully saturated rings. The van der Waals surface area contributed by atoms with Gasteiger partial charge in [0.25, 0.3) is 0 Å². The summed E-state index contributed by atoms with van der Waals surface area (Å²) in [5.41, 5.74) is 8.07. The van der Waals surface area contributed by atoms with E-state index in [1.807, 2.05) is 22.9 Å². The van der Waals surface area contributed by atoms with E-state index in [4.69, 9.17) is 4.98 Å². The quantitative estimate of drug-likeness (QED) is 0.202. The summed E-state index contributed by atoms with van der Waals surface area (Å²) in [6.07, 6.45) is 5.78. The minimum atomic E-state index is 0.708. The van der Waals surface area contributed by atoms with Gasteiger partial charge >= 0.3 is 0 Å². The SMILES string of the molecule is c1ccc(-n2c3ccccc3c3c4ccc5ccc(-c6ccc(-c7cn8cccnc8n7)cc6)c6ccc(cc32)c4c56)cc1. The van der Waals surface area contributed by atoms with Gasteiger partial charge in [0.2, 0.25) is 5.78 Å². The van der Waals surface area contributed by atoms with Crippen LogP contribution in [0.5, 0.6) is 0 Å². The van der Waals surface area contributed by atoms with Crippen LogP contribution in [0.25, 0.3) is 88.0 Å². The highest BCUT2D eigenvalue weighted by atomic mass is 15.1. The van der Waals surface area contributed by atoms with Crippen LogP contribution in [0.15, 0.2) is 146 Å². The van der Waals surface area contributed by atoms with E-state index in [2.05, 4.69) is 131 Å². The summed E-state index contributed by atoms with van der Waals surface area (Å²) in [6.45, 7) is 0. The van der Waals surface area contributed by atoms with Gasteiger partial charge in [-0.15, -0.1) is 0 Å². The fraction of sp³-hybridized carbons (Fsp3) is 0. The Kier molecular flexibility index (Phi) is 4.69. The Bertz CT molecular complexity index is 2660. The van der Waals surface area contributed by atoms with Crippen molar-refractivity contribution < 1.29 is 0 Å². The van der Waals surface area contributed by atoms with Gasteiger partial charge in [-0.3, -0.25) is 4.40 Å². The Labute approximate surface area is 252 Å². The van der Waals surface area contributed by atoms with Gasteiger partial charge < -0.3 is 4.57 Å². The minimum absolute atomic E-state index is 0.708. The topological polar surface area (TPSA) is 35.1 Å². The Balaban J connectivity index is 1.21. The van der Waals surface area contributed by atoms with Crippen molar-refractivity contribution in [3.63, 3.8) is 0 Å². The number of nitrogens with zero attached hydrogens (tertiary/aromatic N) is 4. The summed E-state index contributed by atoms with van der Waals surface area (Å²) >= 11 is 0. The maximum Gasteiger partial charge on any atom is 0.234 e. The maximum atomic E-state index is 4.71. The number of rotatable bonds is 3. The molecule has 0 atom stereocenters. The Morgan fingerprint density at radius 3 is 2.16 bits per heavy atom. The molecule has 44 heavy (non-hydrogen) atoms. The van der Waals surface area contributed by atoms with Crippen LogP contribution in [-0.2, 0) is 0 Å². The molecular weight excluding hydrogens is 536 g/mol. The van der Waals surface area contributed by atoms with Gasteiger partial charge in [-0.1, -0.05) is 97.1 Å². The number of aromatic nitrogens is 4. The first kappa shape index (κ1) is 23.6. The first-order valence-electron chi connectivity index (χ1n) is 14.9. The van der Waals surface area contributed by atoms with Crippen molar-refractivity contribution in [2.75, 3.05) is 0 Å². The van der Waals surface area contributed by atoms with Gasteiger partial charge in [0, 0.05) is 40.6 Å². The fourth-order valence-corrected chi connectivity index (χ4v) is 7.23. The van der Waals surface area contributed by atoms with Gasteiger partial charge in [0.05, 0.1) is 16.7 Å². The Morgan fingerprint density at radius 1 is 0.523 bits per heavy atom. The predicted octanol–water partition coefficient (Wildman–Crippen LogP) is 10.1. The largest absolute Gasteiger partial charge is 0.309 e. The van der Waals surface area contributed by atoms with Gasteiger partial charge in [0.15, 0.2) is 0 Å². The second kappa shape index (κ2) is 8.76.